The van der Waals surface area contributed by atoms with E-state index in [1.54, 1.807) is 0 Å². The summed E-state index contributed by atoms with van der Waals surface area (Å²) in [5.74, 6) is 0.618. The smallest absolute Gasteiger partial charge is 0.251 e. The molecular formula is C13H19ClN2O. The highest BCUT2D eigenvalue weighted by atomic mass is 35.5. The molecule has 0 saturated carbocycles. The molecule has 1 aromatic rings. The molecule has 1 aliphatic heterocycles. The first kappa shape index (κ1) is 14.0. The van der Waals surface area contributed by atoms with Crippen molar-refractivity contribution in [1.29, 1.82) is 0 Å². The largest absolute Gasteiger partial charge is 0.352 e. The summed E-state index contributed by atoms with van der Waals surface area (Å²) >= 11 is 0. The number of carbonyl (C=O) groups is 1. The summed E-state index contributed by atoms with van der Waals surface area (Å²) in [5.41, 5.74) is 0.742. The second-order valence-corrected chi connectivity index (χ2v) is 4.29. The normalized spacial score (nSPS) is 19.2. The molecule has 0 aromatic heterocycles. The van der Waals surface area contributed by atoms with Gasteiger partial charge < -0.3 is 10.6 Å². The second kappa shape index (κ2) is 7.30. The minimum Gasteiger partial charge on any atom is -0.352 e. The van der Waals surface area contributed by atoms with E-state index >= 15 is 0 Å². The number of halogens is 1. The van der Waals surface area contributed by atoms with Gasteiger partial charge in [0.15, 0.2) is 0 Å². The lowest BCUT2D eigenvalue weighted by molar-refractivity contribution is 0.0945. The van der Waals surface area contributed by atoms with Crippen LogP contribution in [-0.4, -0.2) is 25.5 Å². The molecule has 1 saturated heterocycles. The van der Waals surface area contributed by atoms with Gasteiger partial charge in [-0.1, -0.05) is 18.2 Å². The van der Waals surface area contributed by atoms with E-state index in [0.717, 1.165) is 25.2 Å². The monoisotopic (exact) mass is 254 g/mol. The van der Waals surface area contributed by atoms with Crippen LogP contribution in [0.5, 0.6) is 0 Å². The van der Waals surface area contributed by atoms with Gasteiger partial charge >= 0.3 is 0 Å². The fourth-order valence-electron chi connectivity index (χ4n) is 2.03. The van der Waals surface area contributed by atoms with Crippen molar-refractivity contribution >= 4 is 18.3 Å². The van der Waals surface area contributed by atoms with Crippen molar-refractivity contribution in [2.45, 2.75) is 12.8 Å². The minimum absolute atomic E-state index is 0. The molecule has 94 valence electrons. The fourth-order valence-corrected chi connectivity index (χ4v) is 2.03. The highest BCUT2D eigenvalue weighted by molar-refractivity contribution is 5.94. The van der Waals surface area contributed by atoms with E-state index in [9.17, 15) is 4.79 Å². The Bertz CT molecular complexity index is 337. The van der Waals surface area contributed by atoms with E-state index in [1.165, 1.54) is 12.8 Å². The lowest BCUT2D eigenvalue weighted by Crippen LogP contribution is -2.38. The van der Waals surface area contributed by atoms with E-state index in [4.69, 9.17) is 0 Å². The molecule has 1 heterocycles. The lowest BCUT2D eigenvalue weighted by Gasteiger charge is -2.22. The molecule has 0 radical (unpaired) electrons. The summed E-state index contributed by atoms with van der Waals surface area (Å²) in [6, 6.07) is 9.37. The van der Waals surface area contributed by atoms with Gasteiger partial charge in [0.25, 0.3) is 5.91 Å². The SMILES string of the molecule is Cl.O=C(NC[C@@H]1CCCNC1)c1ccccc1. The van der Waals surface area contributed by atoms with Gasteiger partial charge in [0, 0.05) is 12.1 Å². The van der Waals surface area contributed by atoms with Crippen LogP contribution in [0.25, 0.3) is 0 Å². The van der Waals surface area contributed by atoms with Crippen LogP contribution >= 0.6 is 12.4 Å². The van der Waals surface area contributed by atoms with Crippen molar-refractivity contribution < 1.29 is 4.79 Å². The Labute approximate surface area is 108 Å². The molecule has 0 spiro atoms. The number of amides is 1. The Balaban J connectivity index is 0.00000144. The Morgan fingerprint density at radius 2 is 2.12 bits per heavy atom. The van der Waals surface area contributed by atoms with Crippen LogP contribution in [0.2, 0.25) is 0 Å². The number of piperidine rings is 1. The van der Waals surface area contributed by atoms with Crippen LogP contribution in [0.1, 0.15) is 23.2 Å². The molecule has 1 aromatic carbocycles. The van der Waals surface area contributed by atoms with Crippen LogP contribution in [0.4, 0.5) is 0 Å². The maximum absolute atomic E-state index is 11.8. The average Bonchev–Trinajstić information content (AvgIpc) is 2.38. The van der Waals surface area contributed by atoms with Crippen molar-refractivity contribution in [2.24, 2.45) is 5.92 Å². The third-order valence-corrected chi connectivity index (χ3v) is 2.99. The number of nitrogens with one attached hydrogen (secondary N) is 2. The Morgan fingerprint density at radius 3 is 2.76 bits per heavy atom. The van der Waals surface area contributed by atoms with Gasteiger partial charge in [-0.3, -0.25) is 4.79 Å². The molecule has 0 unspecified atom stereocenters. The number of rotatable bonds is 3. The summed E-state index contributed by atoms with van der Waals surface area (Å²) in [6.07, 6.45) is 2.42. The van der Waals surface area contributed by atoms with Crippen molar-refractivity contribution in [3.05, 3.63) is 35.9 Å². The Kier molecular flexibility index (Phi) is 6.01. The molecule has 0 bridgehead atoms. The third-order valence-electron chi connectivity index (χ3n) is 2.99. The summed E-state index contributed by atoms with van der Waals surface area (Å²) in [7, 11) is 0. The maximum atomic E-state index is 11.8. The molecule has 2 rings (SSSR count). The molecule has 3 nitrogen and oxygen atoms in total. The molecule has 1 aliphatic rings. The van der Waals surface area contributed by atoms with E-state index in [0.29, 0.717) is 5.92 Å². The molecule has 1 amide bonds. The first-order valence-corrected chi connectivity index (χ1v) is 5.90. The first-order valence-electron chi connectivity index (χ1n) is 5.90. The average molecular weight is 255 g/mol. The number of carbonyl (C=O) groups excluding carboxylic acids is 1. The topological polar surface area (TPSA) is 41.1 Å². The second-order valence-electron chi connectivity index (χ2n) is 4.29. The minimum atomic E-state index is 0. The van der Waals surface area contributed by atoms with Crippen LogP contribution in [0.15, 0.2) is 30.3 Å². The van der Waals surface area contributed by atoms with Gasteiger partial charge in [0.1, 0.15) is 0 Å². The molecule has 4 heteroatoms. The van der Waals surface area contributed by atoms with Gasteiger partial charge in [-0.05, 0) is 44.0 Å². The van der Waals surface area contributed by atoms with E-state index in [1.807, 2.05) is 30.3 Å². The van der Waals surface area contributed by atoms with Crippen LogP contribution in [0, 0.1) is 5.92 Å². The van der Waals surface area contributed by atoms with E-state index < -0.39 is 0 Å². The zero-order valence-corrected chi connectivity index (χ0v) is 10.6. The Hall–Kier alpha value is -1.06. The van der Waals surface area contributed by atoms with Crippen molar-refractivity contribution in [1.82, 2.24) is 10.6 Å². The summed E-state index contributed by atoms with van der Waals surface area (Å²) < 4.78 is 0. The van der Waals surface area contributed by atoms with Gasteiger partial charge in [-0.15, -0.1) is 12.4 Å². The van der Waals surface area contributed by atoms with Crippen LogP contribution in [-0.2, 0) is 0 Å². The van der Waals surface area contributed by atoms with E-state index in [-0.39, 0.29) is 18.3 Å². The van der Waals surface area contributed by atoms with Crippen molar-refractivity contribution in [2.75, 3.05) is 19.6 Å². The zero-order valence-electron chi connectivity index (χ0n) is 9.82. The molecular weight excluding hydrogens is 236 g/mol. The van der Waals surface area contributed by atoms with Crippen LogP contribution < -0.4 is 10.6 Å². The number of hydrogen-bond acceptors (Lipinski definition) is 2. The van der Waals surface area contributed by atoms with Gasteiger partial charge in [0.05, 0.1) is 0 Å². The number of hydrogen-bond donors (Lipinski definition) is 2. The molecule has 2 N–H and O–H groups in total. The quantitative estimate of drug-likeness (QED) is 0.864. The highest BCUT2D eigenvalue weighted by Gasteiger charge is 2.14. The molecule has 1 atom stereocenters. The number of benzene rings is 1. The molecule has 1 fully saturated rings. The maximum Gasteiger partial charge on any atom is 0.251 e. The lowest BCUT2D eigenvalue weighted by atomic mass is 10.00. The summed E-state index contributed by atoms with van der Waals surface area (Å²) in [5, 5.41) is 6.34. The molecule has 0 aliphatic carbocycles. The Morgan fingerprint density at radius 1 is 1.35 bits per heavy atom. The highest BCUT2D eigenvalue weighted by Crippen LogP contribution is 2.08. The van der Waals surface area contributed by atoms with Gasteiger partial charge in [-0.25, -0.2) is 0 Å². The van der Waals surface area contributed by atoms with Crippen molar-refractivity contribution in [3.8, 4) is 0 Å². The summed E-state index contributed by atoms with van der Waals surface area (Å²) in [6.45, 7) is 2.92. The molecule has 17 heavy (non-hydrogen) atoms. The predicted octanol–water partition coefficient (Wildman–Crippen LogP) is 1.84. The zero-order chi connectivity index (χ0) is 11.2. The van der Waals surface area contributed by atoms with Crippen LogP contribution in [0.3, 0.4) is 0 Å². The fraction of sp³-hybridized carbons (Fsp3) is 0.462. The predicted molar refractivity (Wildman–Crippen MR) is 71.6 cm³/mol. The standard InChI is InChI=1S/C13H18N2O.ClH/c16-13(12-6-2-1-3-7-12)15-10-11-5-4-8-14-9-11;/h1-3,6-7,11,14H,4-5,8-10H2,(H,15,16);1H/t11-;/m1./s1. The summed E-state index contributed by atoms with van der Waals surface area (Å²) in [4.78, 5) is 11.8. The van der Waals surface area contributed by atoms with Gasteiger partial charge in [0.2, 0.25) is 0 Å². The first-order chi connectivity index (χ1) is 7.86. The third kappa shape index (κ3) is 4.36. The van der Waals surface area contributed by atoms with E-state index in [2.05, 4.69) is 10.6 Å². The van der Waals surface area contributed by atoms with Gasteiger partial charge in [-0.2, -0.15) is 0 Å². The van der Waals surface area contributed by atoms with Crippen molar-refractivity contribution in [3.63, 3.8) is 0 Å².